The van der Waals surface area contributed by atoms with Crippen molar-refractivity contribution in [2.45, 2.75) is 4.90 Å². The summed E-state index contributed by atoms with van der Waals surface area (Å²) in [5.74, 6) is -1.12. The molecule has 0 aromatic heterocycles. The van der Waals surface area contributed by atoms with Crippen LogP contribution in [0.15, 0.2) is 47.4 Å². The van der Waals surface area contributed by atoms with Crippen LogP contribution in [0, 0.1) is 5.82 Å². The van der Waals surface area contributed by atoms with Crippen LogP contribution in [0.25, 0.3) is 0 Å². The molecule has 0 bridgehead atoms. The van der Waals surface area contributed by atoms with E-state index in [1.807, 2.05) is 0 Å². The van der Waals surface area contributed by atoms with Crippen molar-refractivity contribution in [1.82, 2.24) is 4.90 Å². The van der Waals surface area contributed by atoms with Crippen LogP contribution < -0.4 is 10.2 Å². The minimum Gasteiger partial charge on any atom is -0.345 e. The van der Waals surface area contributed by atoms with Crippen LogP contribution in [-0.2, 0) is 9.59 Å². The van der Waals surface area contributed by atoms with Gasteiger partial charge in [-0.1, -0.05) is 6.07 Å². The number of halogens is 1. The highest BCUT2D eigenvalue weighted by Crippen LogP contribution is 2.36. The summed E-state index contributed by atoms with van der Waals surface area (Å²) in [4.78, 5) is 40.6. The molecule has 1 aliphatic rings. The number of fused-ring (bicyclic) bond motifs is 1. The normalized spacial score (nSPS) is 13.1. The lowest BCUT2D eigenvalue weighted by molar-refractivity contribution is -0.120. The number of hydrogen-bond donors (Lipinski definition) is 1. The maximum atomic E-state index is 13.3. The van der Waals surface area contributed by atoms with Crippen molar-refractivity contribution in [2.75, 3.05) is 36.6 Å². The van der Waals surface area contributed by atoms with E-state index in [1.54, 1.807) is 38.4 Å². The third-order valence-electron chi connectivity index (χ3n) is 3.97. The van der Waals surface area contributed by atoms with E-state index in [0.29, 0.717) is 16.9 Å². The Morgan fingerprint density at radius 3 is 2.70 bits per heavy atom. The summed E-state index contributed by atoms with van der Waals surface area (Å²) in [6, 6.07) is 10.6. The first kappa shape index (κ1) is 18.9. The lowest BCUT2D eigenvalue weighted by Crippen LogP contribution is -2.41. The molecule has 0 atom stereocenters. The molecule has 140 valence electrons. The molecule has 0 spiro atoms. The molecule has 0 saturated carbocycles. The van der Waals surface area contributed by atoms with Crippen LogP contribution in [0.2, 0.25) is 0 Å². The maximum Gasteiger partial charge on any atom is 0.253 e. The molecular formula is C19H18FN3O3S. The number of carbonyl (C=O) groups excluding carboxylic acids is 3. The monoisotopic (exact) mass is 387 g/mol. The van der Waals surface area contributed by atoms with Gasteiger partial charge in [-0.25, -0.2) is 4.39 Å². The molecule has 2 aromatic rings. The third-order valence-corrected chi connectivity index (χ3v) is 5.01. The van der Waals surface area contributed by atoms with Crippen molar-refractivity contribution in [1.29, 1.82) is 0 Å². The standard InChI is InChI=1S/C19H18FN3O3S/c1-22(2)19(26)12-6-7-16-15(8-12)23(18(25)11-27-16)10-17(24)21-14-5-3-4-13(20)9-14/h3-9H,10-11H2,1-2H3,(H,21,24). The van der Waals surface area contributed by atoms with Gasteiger partial charge in [-0.2, -0.15) is 0 Å². The minimum atomic E-state index is -0.463. The Bertz CT molecular complexity index is 917. The number of benzene rings is 2. The SMILES string of the molecule is CN(C)C(=O)c1ccc2c(c1)N(CC(=O)Nc1cccc(F)c1)C(=O)CS2. The predicted molar refractivity (Wildman–Crippen MR) is 103 cm³/mol. The molecule has 27 heavy (non-hydrogen) atoms. The fourth-order valence-electron chi connectivity index (χ4n) is 2.68. The third kappa shape index (κ3) is 4.28. The van der Waals surface area contributed by atoms with Crippen LogP contribution in [-0.4, -0.2) is 49.0 Å². The van der Waals surface area contributed by atoms with Gasteiger partial charge in [0.15, 0.2) is 0 Å². The van der Waals surface area contributed by atoms with Gasteiger partial charge in [0.2, 0.25) is 11.8 Å². The molecule has 2 aromatic carbocycles. The smallest absolute Gasteiger partial charge is 0.253 e. The van der Waals surface area contributed by atoms with Crippen molar-refractivity contribution in [3.05, 3.63) is 53.8 Å². The van der Waals surface area contributed by atoms with Gasteiger partial charge in [-0.15, -0.1) is 11.8 Å². The van der Waals surface area contributed by atoms with Crippen LogP contribution >= 0.6 is 11.8 Å². The quantitative estimate of drug-likeness (QED) is 0.876. The summed E-state index contributed by atoms with van der Waals surface area (Å²) in [6.45, 7) is -0.220. The van der Waals surface area contributed by atoms with Gasteiger partial charge in [-0.3, -0.25) is 14.4 Å². The van der Waals surface area contributed by atoms with Crippen LogP contribution in [0.1, 0.15) is 10.4 Å². The fourth-order valence-corrected chi connectivity index (χ4v) is 3.59. The lowest BCUT2D eigenvalue weighted by Gasteiger charge is -2.29. The molecule has 8 heteroatoms. The highest BCUT2D eigenvalue weighted by Gasteiger charge is 2.27. The number of nitrogens with zero attached hydrogens (tertiary/aromatic N) is 2. The van der Waals surface area contributed by atoms with Crippen molar-refractivity contribution >= 4 is 40.9 Å². The van der Waals surface area contributed by atoms with Crippen LogP contribution in [0.3, 0.4) is 0 Å². The minimum absolute atomic E-state index is 0.190. The average molecular weight is 387 g/mol. The van der Waals surface area contributed by atoms with E-state index in [2.05, 4.69) is 5.32 Å². The zero-order valence-electron chi connectivity index (χ0n) is 14.9. The van der Waals surface area contributed by atoms with E-state index in [4.69, 9.17) is 0 Å². The molecule has 0 radical (unpaired) electrons. The molecule has 1 aliphatic heterocycles. The van der Waals surface area contributed by atoms with E-state index >= 15 is 0 Å². The number of carbonyl (C=O) groups is 3. The second-order valence-electron chi connectivity index (χ2n) is 6.21. The first-order valence-corrected chi connectivity index (χ1v) is 9.18. The number of rotatable bonds is 4. The summed E-state index contributed by atoms with van der Waals surface area (Å²) in [6.07, 6.45) is 0. The van der Waals surface area contributed by atoms with E-state index in [1.165, 1.54) is 39.8 Å². The highest BCUT2D eigenvalue weighted by atomic mass is 32.2. The fraction of sp³-hybridized carbons (Fsp3) is 0.211. The molecule has 3 amide bonds. The number of hydrogen-bond acceptors (Lipinski definition) is 4. The van der Waals surface area contributed by atoms with Gasteiger partial charge in [0.1, 0.15) is 12.4 Å². The maximum absolute atomic E-state index is 13.3. The Balaban J connectivity index is 1.83. The first-order valence-electron chi connectivity index (χ1n) is 8.19. The van der Waals surface area contributed by atoms with Gasteiger partial charge in [-0.05, 0) is 36.4 Å². The zero-order valence-corrected chi connectivity index (χ0v) is 15.7. The Morgan fingerprint density at radius 1 is 1.22 bits per heavy atom. The van der Waals surface area contributed by atoms with Crippen molar-refractivity contribution < 1.29 is 18.8 Å². The average Bonchev–Trinajstić information content (AvgIpc) is 2.63. The van der Waals surface area contributed by atoms with Gasteiger partial charge >= 0.3 is 0 Å². The van der Waals surface area contributed by atoms with E-state index in [0.717, 1.165) is 4.90 Å². The summed E-state index contributed by atoms with van der Waals surface area (Å²) < 4.78 is 13.3. The van der Waals surface area contributed by atoms with Gasteiger partial charge < -0.3 is 15.1 Å². The Hall–Kier alpha value is -2.87. The zero-order chi connectivity index (χ0) is 19.6. The van der Waals surface area contributed by atoms with E-state index in [-0.39, 0.29) is 24.1 Å². The molecule has 1 N–H and O–H groups in total. The molecule has 0 saturated heterocycles. The number of amides is 3. The Morgan fingerprint density at radius 2 is 2.00 bits per heavy atom. The van der Waals surface area contributed by atoms with Gasteiger partial charge in [0.05, 0.1) is 11.4 Å². The molecule has 1 heterocycles. The molecule has 0 fully saturated rings. The van der Waals surface area contributed by atoms with Gasteiger partial charge in [0, 0.05) is 30.2 Å². The number of nitrogens with one attached hydrogen (secondary N) is 1. The molecule has 3 rings (SSSR count). The summed E-state index contributed by atoms with van der Waals surface area (Å²) in [7, 11) is 3.29. The molecule has 0 unspecified atom stereocenters. The number of anilines is 2. The number of thioether (sulfide) groups is 1. The second-order valence-corrected chi connectivity index (χ2v) is 7.23. The molecule has 0 aliphatic carbocycles. The Kier molecular flexibility index (Phi) is 5.46. The second kappa shape index (κ2) is 7.79. The molecule has 6 nitrogen and oxygen atoms in total. The lowest BCUT2D eigenvalue weighted by atomic mass is 10.1. The molecular weight excluding hydrogens is 369 g/mol. The van der Waals surface area contributed by atoms with Crippen molar-refractivity contribution in [3.63, 3.8) is 0 Å². The van der Waals surface area contributed by atoms with Crippen LogP contribution in [0.5, 0.6) is 0 Å². The van der Waals surface area contributed by atoms with Crippen LogP contribution in [0.4, 0.5) is 15.8 Å². The first-order chi connectivity index (χ1) is 12.8. The Labute approximate surface area is 160 Å². The summed E-state index contributed by atoms with van der Waals surface area (Å²) in [5, 5.41) is 2.58. The van der Waals surface area contributed by atoms with Crippen molar-refractivity contribution in [3.8, 4) is 0 Å². The largest absolute Gasteiger partial charge is 0.345 e. The summed E-state index contributed by atoms with van der Waals surface area (Å²) in [5.41, 5.74) is 1.28. The summed E-state index contributed by atoms with van der Waals surface area (Å²) >= 11 is 1.36. The topological polar surface area (TPSA) is 69.7 Å². The van der Waals surface area contributed by atoms with Crippen molar-refractivity contribution in [2.24, 2.45) is 0 Å². The predicted octanol–water partition coefficient (Wildman–Crippen LogP) is 2.60. The van der Waals surface area contributed by atoms with Gasteiger partial charge in [0.25, 0.3) is 5.91 Å². The van der Waals surface area contributed by atoms with E-state index in [9.17, 15) is 18.8 Å². The van der Waals surface area contributed by atoms with E-state index < -0.39 is 11.7 Å². The highest BCUT2D eigenvalue weighted by molar-refractivity contribution is 8.00.